The van der Waals surface area contributed by atoms with Gasteiger partial charge >= 0.3 is 5.69 Å². The summed E-state index contributed by atoms with van der Waals surface area (Å²) in [4.78, 5) is 11.3. The third-order valence-electron chi connectivity index (χ3n) is 2.06. The molecule has 6 heteroatoms. The first kappa shape index (κ1) is 9.01. The van der Waals surface area contributed by atoms with E-state index in [4.69, 9.17) is 16.6 Å². The van der Waals surface area contributed by atoms with Crippen molar-refractivity contribution in [3.63, 3.8) is 0 Å². The van der Waals surface area contributed by atoms with E-state index in [0.717, 1.165) is 0 Å². The summed E-state index contributed by atoms with van der Waals surface area (Å²) in [6.45, 7) is 1.84. The Labute approximate surface area is 84.4 Å². The van der Waals surface area contributed by atoms with E-state index in [2.05, 4.69) is 10.2 Å². The number of H-pyrrole nitrogens is 2. The minimum Gasteiger partial charge on any atom is -0.467 e. The highest BCUT2D eigenvalue weighted by atomic mass is 32.1. The van der Waals surface area contributed by atoms with Crippen molar-refractivity contribution in [2.24, 2.45) is 0 Å². The molecule has 5 nitrogen and oxygen atoms in total. The molecule has 0 aliphatic carbocycles. The van der Waals surface area contributed by atoms with Gasteiger partial charge < -0.3 is 4.42 Å². The first-order valence-electron chi connectivity index (χ1n) is 4.12. The van der Waals surface area contributed by atoms with Gasteiger partial charge in [-0.2, -0.15) is 0 Å². The lowest BCUT2D eigenvalue weighted by atomic mass is 10.2. The van der Waals surface area contributed by atoms with Crippen LogP contribution in [0.1, 0.15) is 18.7 Å². The lowest BCUT2D eigenvalue weighted by molar-refractivity contribution is 0.438. The maximum absolute atomic E-state index is 11.3. The molecule has 2 aromatic rings. The summed E-state index contributed by atoms with van der Waals surface area (Å²) < 4.78 is 6.98. The fourth-order valence-corrected chi connectivity index (χ4v) is 1.62. The second-order valence-corrected chi connectivity index (χ2v) is 3.31. The minimum atomic E-state index is -0.265. The molecule has 0 aromatic carbocycles. The standard InChI is InChI=1S/C8H9N3O2S/c1-5(6-3-2-4-13-6)11-7(12)9-10-8(11)14/h2-5H,1H3,(H,9,12)(H,10,14). The average molecular weight is 211 g/mol. The lowest BCUT2D eigenvalue weighted by Crippen LogP contribution is -2.21. The second-order valence-electron chi connectivity index (χ2n) is 2.92. The Hall–Kier alpha value is -1.56. The summed E-state index contributed by atoms with van der Waals surface area (Å²) in [7, 11) is 0. The number of nitrogens with zero attached hydrogens (tertiary/aromatic N) is 1. The monoisotopic (exact) mass is 211 g/mol. The first-order chi connectivity index (χ1) is 6.70. The smallest absolute Gasteiger partial charge is 0.343 e. The molecule has 1 unspecified atom stereocenters. The van der Waals surface area contributed by atoms with Crippen molar-refractivity contribution >= 4 is 12.2 Å². The van der Waals surface area contributed by atoms with Crippen LogP contribution >= 0.6 is 12.2 Å². The molecule has 2 aromatic heterocycles. The van der Waals surface area contributed by atoms with E-state index in [1.807, 2.05) is 6.92 Å². The third kappa shape index (κ3) is 1.33. The molecular formula is C8H9N3O2S. The van der Waals surface area contributed by atoms with Crippen molar-refractivity contribution < 1.29 is 4.42 Å². The van der Waals surface area contributed by atoms with E-state index in [0.29, 0.717) is 10.5 Å². The molecule has 0 fully saturated rings. The maximum Gasteiger partial charge on any atom is 0.343 e. The number of aromatic nitrogens is 3. The number of aromatic amines is 2. The van der Waals surface area contributed by atoms with E-state index in [-0.39, 0.29) is 11.7 Å². The highest BCUT2D eigenvalue weighted by Gasteiger charge is 2.13. The van der Waals surface area contributed by atoms with Crippen LogP contribution < -0.4 is 5.69 Å². The van der Waals surface area contributed by atoms with Crippen LogP contribution in [0.4, 0.5) is 0 Å². The summed E-state index contributed by atoms with van der Waals surface area (Å²) in [6.07, 6.45) is 1.57. The number of nitrogens with one attached hydrogen (secondary N) is 2. The van der Waals surface area contributed by atoms with Gasteiger partial charge in [-0.1, -0.05) is 0 Å². The molecule has 2 heterocycles. The van der Waals surface area contributed by atoms with Gasteiger partial charge in [-0.25, -0.2) is 9.89 Å². The fourth-order valence-electron chi connectivity index (χ4n) is 1.33. The van der Waals surface area contributed by atoms with Crippen molar-refractivity contribution in [1.29, 1.82) is 0 Å². The van der Waals surface area contributed by atoms with Gasteiger partial charge in [-0.3, -0.25) is 9.67 Å². The van der Waals surface area contributed by atoms with Crippen molar-refractivity contribution in [1.82, 2.24) is 14.8 Å². The SMILES string of the molecule is CC(c1ccco1)n1c(=O)[nH][nH]c1=S. The Kier molecular flexibility index (Phi) is 2.12. The van der Waals surface area contributed by atoms with Crippen LogP contribution in [0.3, 0.4) is 0 Å². The summed E-state index contributed by atoms with van der Waals surface area (Å²) in [5, 5.41) is 4.99. The average Bonchev–Trinajstić information content (AvgIpc) is 2.75. The zero-order valence-electron chi connectivity index (χ0n) is 7.48. The number of rotatable bonds is 2. The molecule has 0 aliphatic heterocycles. The third-order valence-corrected chi connectivity index (χ3v) is 2.35. The summed E-state index contributed by atoms with van der Waals surface area (Å²) in [6, 6.07) is 3.38. The van der Waals surface area contributed by atoms with E-state index in [1.165, 1.54) is 4.57 Å². The topological polar surface area (TPSA) is 66.7 Å². The van der Waals surface area contributed by atoms with E-state index < -0.39 is 0 Å². The summed E-state index contributed by atoms with van der Waals surface area (Å²) in [5.74, 6) is 0.700. The molecule has 0 spiro atoms. The zero-order chi connectivity index (χ0) is 10.1. The van der Waals surface area contributed by atoms with Crippen LogP contribution in [0.2, 0.25) is 0 Å². The van der Waals surface area contributed by atoms with Crippen molar-refractivity contribution in [3.8, 4) is 0 Å². The Bertz CT molecular complexity index is 492. The fraction of sp³-hybridized carbons (Fsp3) is 0.250. The molecule has 0 bridgehead atoms. The van der Waals surface area contributed by atoms with Gasteiger partial charge in [0.2, 0.25) is 0 Å². The Morgan fingerprint density at radius 1 is 1.57 bits per heavy atom. The van der Waals surface area contributed by atoms with E-state index >= 15 is 0 Å². The van der Waals surface area contributed by atoms with Crippen LogP contribution in [0.5, 0.6) is 0 Å². The quantitative estimate of drug-likeness (QED) is 0.738. The second kappa shape index (κ2) is 3.30. The van der Waals surface area contributed by atoms with Crippen LogP contribution in [0, 0.1) is 4.77 Å². The highest BCUT2D eigenvalue weighted by Crippen LogP contribution is 2.15. The molecular weight excluding hydrogens is 202 g/mol. The van der Waals surface area contributed by atoms with Crippen molar-refractivity contribution in [2.45, 2.75) is 13.0 Å². The predicted molar refractivity (Wildman–Crippen MR) is 52.8 cm³/mol. The summed E-state index contributed by atoms with van der Waals surface area (Å²) in [5.41, 5.74) is -0.265. The van der Waals surface area contributed by atoms with Gasteiger partial charge in [0, 0.05) is 0 Å². The molecule has 2 N–H and O–H groups in total. The van der Waals surface area contributed by atoms with Crippen molar-refractivity contribution in [2.75, 3.05) is 0 Å². The van der Waals surface area contributed by atoms with E-state index in [1.54, 1.807) is 18.4 Å². The van der Waals surface area contributed by atoms with Crippen LogP contribution in [-0.4, -0.2) is 14.8 Å². The van der Waals surface area contributed by atoms with Gasteiger partial charge in [0.15, 0.2) is 4.77 Å². The predicted octanol–water partition coefficient (Wildman–Crippen LogP) is 1.44. The van der Waals surface area contributed by atoms with Crippen molar-refractivity contribution in [3.05, 3.63) is 39.4 Å². The maximum atomic E-state index is 11.3. The molecule has 0 saturated carbocycles. The molecule has 14 heavy (non-hydrogen) atoms. The molecule has 0 saturated heterocycles. The Morgan fingerprint density at radius 2 is 2.36 bits per heavy atom. The zero-order valence-corrected chi connectivity index (χ0v) is 8.30. The Balaban J connectivity index is 2.51. The van der Waals surface area contributed by atoms with Crippen LogP contribution in [0.15, 0.2) is 27.6 Å². The van der Waals surface area contributed by atoms with Gasteiger partial charge in [0.05, 0.1) is 12.3 Å². The Morgan fingerprint density at radius 3 is 2.86 bits per heavy atom. The highest BCUT2D eigenvalue weighted by molar-refractivity contribution is 7.71. The number of furan rings is 1. The van der Waals surface area contributed by atoms with Gasteiger partial charge in [0.25, 0.3) is 0 Å². The van der Waals surface area contributed by atoms with Gasteiger partial charge in [-0.15, -0.1) is 0 Å². The van der Waals surface area contributed by atoms with Gasteiger partial charge in [0.1, 0.15) is 5.76 Å². The molecule has 1 atom stereocenters. The largest absolute Gasteiger partial charge is 0.467 e. The lowest BCUT2D eigenvalue weighted by Gasteiger charge is -2.07. The van der Waals surface area contributed by atoms with E-state index in [9.17, 15) is 4.79 Å². The molecule has 0 radical (unpaired) electrons. The first-order valence-corrected chi connectivity index (χ1v) is 4.53. The molecule has 2 rings (SSSR count). The number of hydrogen-bond acceptors (Lipinski definition) is 3. The summed E-state index contributed by atoms with van der Waals surface area (Å²) >= 11 is 4.96. The molecule has 0 aliphatic rings. The van der Waals surface area contributed by atoms with Crippen LogP contribution in [0.25, 0.3) is 0 Å². The number of hydrogen-bond donors (Lipinski definition) is 2. The minimum absolute atomic E-state index is 0.201. The van der Waals surface area contributed by atoms with Crippen LogP contribution in [-0.2, 0) is 0 Å². The normalized spacial score (nSPS) is 12.9. The van der Waals surface area contributed by atoms with Gasteiger partial charge in [-0.05, 0) is 31.3 Å². The molecule has 0 amide bonds. The molecule has 74 valence electrons.